The Hall–Kier alpha value is -4.34. The number of carbonyl (C=O) groups excluding carboxylic acids is 3. The lowest BCUT2D eigenvalue weighted by Gasteiger charge is -2.43. The molecule has 0 aliphatic carbocycles. The van der Waals surface area contributed by atoms with Gasteiger partial charge in [-0.05, 0) is 43.9 Å². The summed E-state index contributed by atoms with van der Waals surface area (Å²) in [6.07, 6.45) is 2.64. The van der Waals surface area contributed by atoms with Crippen LogP contribution in [0.15, 0.2) is 48.8 Å². The second kappa shape index (κ2) is 12.2. The molecule has 10 heteroatoms. The molecule has 2 N–H and O–H groups in total. The monoisotopic (exact) mass is 547 g/mol. The molecule has 40 heavy (non-hydrogen) atoms. The molecule has 0 radical (unpaired) electrons. The SMILES string of the molecule is CCCN1C(=O)c2c(C(=O)NCCc3ccc(OC)cc3OC)ncn2C[C@@]1(C)C(=O)NCc1ccc(C)cc1. The Kier molecular flexibility index (Phi) is 8.77. The highest BCUT2D eigenvalue weighted by Crippen LogP contribution is 2.29. The lowest BCUT2D eigenvalue weighted by Crippen LogP contribution is -2.64. The van der Waals surface area contributed by atoms with Crippen LogP contribution < -0.4 is 20.1 Å². The molecule has 2 aromatic carbocycles. The van der Waals surface area contributed by atoms with E-state index in [-0.39, 0.29) is 29.7 Å². The van der Waals surface area contributed by atoms with Gasteiger partial charge in [-0.15, -0.1) is 0 Å². The normalized spacial score (nSPS) is 16.3. The molecule has 0 unspecified atom stereocenters. The predicted molar refractivity (Wildman–Crippen MR) is 151 cm³/mol. The maximum atomic E-state index is 13.7. The predicted octanol–water partition coefficient (Wildman–Crippen LogP) is 3.12. The fraction of sp³-hybridized carbons (Fsp3) is 0.400. The van der Waals surface area contributed by atoms with Crippen LogP contribution in [-0.4, -0.2) is 65.0 Å². The molecular weight excluding hydrogens is 510 g/mol. The first-order valence-electron chi connectivity index (χ1n) is 13.4. The van der Waals surface area contributed by atoms with Crippen LogP contribution in [0.1, 0.15) is 57.9 Å². The highest BCUT2D eigenvalue weighted by atomic mass is 16.5. The summed E-state index contributed by atoms with van der Waals surface area (Å²) in [4.78, 5) is 46.2. The van der Waals surface area contributed by atoms with Crippen molar-refractivity contribution in [2.24, 2.45) is 0 Å². The van der Waals surface area contributed by atoms with Crippen molar-refractivity contribution < 1.29 is 23.9 Å². The van der Waals surface area contributed by atoms with Crippen molar-refractivity contribution in [3.63, 3.8) is 0 Å². The highest BCUT2D eigenvalue weighted by molar-refractivity contribution is 6.07. The Morgan fingerprint density at radius 2 is 1.82 bits per heavy atom. The van der Waals surface area contributed by atoms with Gasteiger partial charge in [-0.3, -0.25) is 14.4 Å². The Balaban J connectivity index is 1.48. The van der Waals surface area contributed by atoms with E-state index in [9.17, 15) is 14.4 Å². The fourth-order valence-corrected chi connectivity index (χ4v) is 4.96. The van der Waals surface area contributed by atoms with Gasteiger partial charge in [-0.1, -0.05) is 42.8 Å². The zero-order valence-electron chi connectivity index (χ0n) is 23.7. The van der Waals surface area contributed by atoms with E-state index in [1.807, 2.05) is 50.2 Å². The first-order chi connectivity index (χ1) is 19.2. The number of hydrogen-bond donors (Lipinski definition) is 2. The number of ether oxygens (including phenoxy) is 2. The van der Waals surface area contributed by atoms with Crippen LogP contribution in [0.3, 0.4) is 0 Å². The third kappa shape index (κ3) is 5.80. The second-order valence-electron chi connectivity index (χ2n) is 10.2. The average molecular weight is 548 g/mol. The molecule has 2 heterocycles. The van der Waals surface area contributed by atoms with Gasteiger partial charge in [0.05, 0.1) is 27.1 Å². The molecule has 1 aliphatic heterocycles. The van der Waals surface area contributed by atoms with Crippen molar-refractivity contribution in [2.75, 3.05) is 27.3 Å². The summed E-state index contributed by atoms with van der Waals surface area (Å²) in [6.45, 7) is 6.95. The summed E-state index contributed by atoms with van der Waals surface area (Å²) in [5.74, 6) is 0.256. The van der Waals surface area contributed by atoms with Crippen molar-refractivity contribution in [1.82, 2.24) is 25.1 Å². The number of aryl methyl sites for hydroxylation is 1. The lowest BCUT2D eigenvalue weighted by molar-refractivity contribution is -0.133. The van der Waals surface area contributed by atoms with Crippen LogP contribution in [-0.2, 0) is 24.3 Å². The quantitative estimate of drug-likeness (QED) is 0.381. The molecule has 10 nitrogen and oxygen atoms in total. The molecule has 212 valence electrons. The second-order valence-corrected chi connectivity index (χ2v) is 10.2. The van der Waals surface area contributed by atoms with Gasteiger partial charge in [-0.25, -0.2) is 4.98 Å². The Labute approximate surface area is 234 Å². The number of carbonyl (C=O) groups is 3. The number of methoxy groups -OCH3 is 2. The van der Waals surface area contributed by atoms with E-state index in [1.54, 1.807) is 36.7 Å². The lowest BCUT2D eigenvalue weighted by atomic mass is 9.93. The van der Waals surface area contributed by atoms with E-state index in [1.165, 1.54) is 6.33 Å². The largest absolute Gasteiger partial charge is 0.497 e. The summed E-state index contributed by atoms with van der Waals surface area (Å²) in [5.41, 5.74) is 2.13. The van der Waals surface area contributed by atoms with Crippen LogP contribution in [0.4, 0.5) is 0 Å². The number of benzene rings is 2. The highest BCUT2D eigenvalue weighted by Gasteiger charge is 2.48. The standard InChI is InChI=1S/C30H37N5O5/c1-6-15-35-28(37)26-25(27(36)31-14-13-22-11-12-23(39-4)16-24(22)40-5)33-19-34(26)18-30(35,3)29(38)32-17-21-9-7-20(2)8-10-21/h7-12,16,19H,6,13-15,17-18H2,1-5H3,(H,31,36)(H,32,38)/t30-/m0/s1. The summed E-state index contributed by atoms with van der Waals surface area (Å²) < 4.78 is 12.3. The average Bonchev–Trinajstić information content (AvgIpc) is 3.38. The van der Waals surface area contributed by atoms with Gasteiger partial charge < -0.3 is 29.6 Å². The van der Waals surface area contributed by atoms with Crippen LogP contribution in [0.2, 0.25) is 0 Å². The fourth-order valence-electron chi connectivity index (χ4n) is 4.96. The Morgan fingerprint density at radius 3 is 2.50 bits per heavy atom. The molecule has 1 atom stereocenters. The molecule has 3 amide bonds. The molecule has 0 saturated heterocycles. The van der Waals surface area contributed by atoms with Crippen LogP contribution in [0.5, 0.6) is 11.5 Å². The van der Waals surface area contributed by atoms with Crippen LogP contribution in [0.25, 0.3) is 0 Å². The maximum absolute atomic E-state index is 13.7. The van der Waals surface area contributed by atoms with Crippen molar-refractivity contribution in [3.8, 4) is 11.5 Å². The van der Waals surface area contributed by atoms with Crippen LogP contribution in [0, 0.1) is 6.92 Å². The van der Waals surface area contributed by atoms with Gasteiger partial charge in [0.1, 0.15) is 22.7 Å². The number of rotatable bonds is 11. The molecule has 4 rings (SSSR count). The van der Waals surface area contributed by atoms with Gasteiger partial charge in [-0.2, -0.15) is 0 Å². The molecule has 0 fully saturated rings. The van der Waals surface area contributed by atoms with E-state index in [4.69, 9.17) is 9.47 Å². The number of nitrogens with one attached hydrogen (secondary N) is 2. The zero-order valence-corrected chi connectivity index (χ0v) is 23.7. The third-order valence-electron chi connectivity index (χ3n) is 7.26. The molecular formula is C30H37N5O5. The molecule has 1 aliphatic rings. The number of fused-ring (bicyclic) bond motifs is 1. The number of aromatic nitrogens is 2. The molecule has 0 saturated carbocycles. The van der Waals surface area contributed by atoms with Gasteiger partial charge in [0.15, 0.2) is 5.69 Å². The van der Waals surface area contributed by atoms with Crippen LogP contribution >= 0.6 is 0 Å². The molecule has 0 spiro atoms. The first-order valence-corrected chi connectivity index (χ1v) is 13.4. The Bertz CT molecular complexity index is 1380. The summed E-state index contributed by atoms with van der Waals surface area (Å²) >= 11 is 0. The van der Waals surface area contributed by atoms with Crippen molar-refractivity contribution >= 4 is 17.7 Å². The van der Waals surface area contributed by atoms with E-state index < -0.39 is 11.4 Å². The van der Waals surface area contributed by atoms with E-state index in [0.29, 0.717) is 44.0 Å². The maximum Gasteiger partial charge on any atom is 0.273 e. The topological polar surface area (TPSA) is 115 Å². The minimum absolute atomic E-state index is 0.0508. The number of amides is 3. The minimum Gasteiger partial charge on any atom is -0.497 e. The van der Waals surface area contributed by atoms with Gasteiger partial charge in [0.25, 0.3) is 11.8 Å². The minimum atomic E-state index is -1.13. The smallest absolute Gasteiger partial charge is 0.273 e. The number of nitrogens with zero attached hydrogens (tertiary/aromatic N) is 3. The summed E-state index contributed by atoms with van der Waals surface area (Å²) in [7, 11) is 3.17. The van der Waals surface area contributed by atoms with Gasteiger partial charge in [0, 0.05) is 25.7 Å². The van der Waals surface area contributed by atoms with Crippen molar-refractivity contribution in [3.05, 3.63) is 76.9 Å². The third-order valence-corrected chi connectivity index (χ3v) is 7.26. The molecule has 1 aromatic heterocycles. The van der Waals surface area contributed by atoms with E-state index in [0.717, 1.165) is 16.7 Å². The molecule has 0 bridgehead atoms. The molecule has 3 aromatic rings. The summed E-state index contributed by atoms with van der Waals surface area (Å²) in [6, 6.07) is 13.4. The zero-order chi connectivity index (χ0) is 28.9. The number of imidazole rings is 1. The Morgan fingerprint density at radius 1 is 1.07 bits per heavy atom. The number of hydrogen-bond acceptors (Lipinski definition) is 6. The van der Waals surface area contributed by atoms with E-state index in [2.05, 4.69) is 15.6 Å². The van der Waals surface area contributed by atoms with Gasteiger partial charge >= 0.3 is 0 Å². The van der Waals surface area contributed by atoms with E-state index >= 15 is 0 Å². The first kappa shape index (κ1) is 28.7. The van der Waals surface area contributed by atoms with Crippen molar-refractivity contribution in [2.45, 2.75) is 52.2 Å². The van der Waals surface area contributed by atoms with Gasteiger partial charge in [0.2, 0.25) is 5.91 Å². The van der Waals surface area contributed by atoms with Crippen molar-refractivity contribution in [1.29, 1.82) is 0 Å². The summed E-state index contributed by atoms with van der Waals surface area (Å²) in [5, 5.41) is 5.86.